The van der Waals surface area contributed by atoms with Crippen LogP contribution in [0.3, 0.4) is 0 Å². The number of benzene rings is 1. The van der Waals surface area contributed by atoms with Crippen molar-refractivity contribution in [3.8, 4) is 0 Å². The largest absolute Gasteiger partial charge is 0.478 e. The van der Waals surface area contributed by atoms with E-state index in [1.54, 1.807) is 13.0 Å². The number of carboxylic acids is 1. The number of ether oxygens (including phenoxy) is 1. The Kier molecular flexibility index (Phi) is 4.65. The van der Waals surface area contributed by atoms with Crippen molar-refractivity contribution < 1.29 is 19.4 Å². The highest BCUT2D eigenvalue weighted by Gasteiger charge is 2.16. The van der Waals surface area contributed by atoms with Gasteiger partial charge in [-0.2, -0.15) is 0 Å². The van der Waals surface area contributed by atoms with Crippen molar-refractivity contribution in [3.05, 3.63) is 28.2 Å². The Morgan fingerprint density at radius 1 is 1.47 bits per heavy atom. The van der Waals surface area contributed by atoms with Gasteiger partial charge in [-0.3, -0.25) is 4.79 Å². The van der Waals surface area contributed by atoms with E-state index >= 15 is 0 Å². The third kappa shape index (κ3) is 3.54. The number of carboxylic acid groups (broad SMARTS) is 1. The molecule has 0 aliphatic rings. The lowest BCUT2D eigenvalue weighted by molar-refractivity contribution is -0.124. The first-order valence-corrected chi connectivity index (χ1v) is 5.61. The Bertz CT molecular complexity index is 447. The summed E-state index contributed by atoms with van der Waals surface area (Å²) < 4.78 is 5.47. The SMILES string of the molecule is COC(C)C(=O)Nc1ccc(Br)cc1C(=O)O. The van der Waals surface area contributed by atoms with Gasteiger partial charge >= 0.3 is 5.97 Å². The highest BCUT2D eigenvalue weighted by molar-refractivity contribution is 9.10. The van der Waals surface area contributed by atoms with E-state index < -0.39 is 18.0 Å². The standard InChI is InChI=1S/C11H12BrNO4/c1-6(17-2)10(14)13-9-4-3-7(12)5-8(9)11(15)16/h3-6H,1-2H3,(H,13,14)(H,15,16). The van der Waals surface area contributed by atoms with Gasteiger partial charge in [0.15, 0.2) is 0 Å². The average Bonchev–Trinajstić information content (AvgIpc) is 2.29. The first-order chi connectivity index (χ1) is 7.95. The molecule has 0 bridgehead atoms. The Labute approximate surface area is 107 Å². The van der Waals surface area contributed by atoms with Crippen LogP contribution in [0.4, 0.5) is 5.69 Å². The predicted molar refractivity (Wildman–Crippen MR) is 66.2 cm³/mol. The van der Waals surface area contributed by atoms with E-state index in [0.29, 0.717) is 4.47 Å². The summed E-state index contributed by atoms with van der Waals surface area (Å²) in [7, 11) is 1.41. The summed E-state index contributed by atoms with van der Waals surface area (Å²) in [6.45, 7) is 1.58. The minimum Gasteiger partial charge on any atom is -0.478 e. The van der Waals surface area contributed by atoms with E-state index in [0.717, 1.165) is 0 Å². The molecule has 0 saturated carbocycles. The molecule has 92 valence electrons. The lowest BCUT2D eigenvalue weighted by Crippen LogP contribution is -2.27. The van der Waals surface area contributed by atoms with E-state index in [9.17, 15) is 9.59 Å². The maximum atomic E-state index is 11.6. The summed E-state index contributed by atoms with van der Waals surface area (Å²) >= 11 is 3.17. The number of rotatable bonds is 4. The summed E-state index contributed by atoms with van der Waals surface area (Å²) in [5.74, 6) is -1.50. The molecule has 0 aromatic heterocycles. The fourth-order valence-corrected chi connectivity index (χ4v) is 1.50. The molecule has 1 aromatic rings. The molecule has 5 nitrogen and oxygen atoms in total. The number of carbonyl (C=O) groups is 2. The molecule has 1 aromatic carbocycles. The van der Waals surface area contributed by atoms with Gasteiger partial charge in [0.2, 0.25) is 0 Å². The molecular weight excluding hydrogens is 290 g/mol. The van der Waals surface area contributed by atoms with Crippen LogP contribution in [0.5, 0.6) is 0 Å². The van der Waals surface area contributed by atoms with Crippen molar-refractivity contribution in [1.29, 1.82) is 0 Å². The molecule has 1 atom stereocenters. The summed E-state index contributed by atoms with van der Waals surface area (Å²) in [5.41, 5.74) is 0.269. The molecule has 2 N–H and O–H groups in total. The quantitative estimate of drug-likeness (QED) is 0.893. The molecule has 0 fully saturated rings. The number of aromatic carboxylic acids is 1. The third-order valence-electron chi connectivity index (χ3n) is 2.19. The number of hydrogen-bond donors (Lipinski definition) is 2. The van der Waals surface area contributed by atoms with Crippen LogP contribution in [0.1, 0.15) is 17.3 Å². The van der Waals surface area contributed by atoms with Crippen LogP contribution in [0, 0.1) is 0 Å². The predicted octanol–water partition coefficient (Wildman–Crippen LogP) is 2.12. The van der Waals surface area contributed by atoms with Crippen molar-refractivity contribution in [2.75, 3.05) is 12.4 Å². The minimum absolute atomic E-state index is 0.0241. The highest BCUT2D eigenvalue weighted by Crippen LogP contribution is 2.21. The van der Waals surface area contributed by atoms with E-state index in [1.807, 2.05) is 0 Å². The van der Waals surface area contributed by atoms with Crippen molar-refractivity contribution in [3.63, 3.8) is 0 Å². The topological polar surface area (TPSA) is 75.6 Å². The molecule has 1 amide bonds. The van der Waals surface area contributed by atoms with Gasteiger partial charge in [0.1, 0.15) is 6.10 Å². The van der Waals surface area contributed by atoms with Gasteiger partial charge in [-0.15, -0.1) is 0 Å². The van der Waals surface area contributed by atoms with Crippen LogP contribution in [0.2, 0.25) is 0 Å². The van der Waals surface area contributed by atoms with Crippen LogP contribution in [0.15, 0.2) is 22.7 Å². The van der Waals surface area contributed by atoms with Gasteiger partial charge in [0.05, 0.1) is 11.3 Å². The zero-order valence-electron chi connectivity index (χ0n) is 9.36. The fourth-order valence-electron chi connectivity index (χ4n) is 1.14. The van der Waals surface area contributed by atoms with E-state index in [4.69, 9.17) is 9.84 Å². The monoisotopic (exact) mass is 301 g/mol. The maximum absolute atomic E-state index is 11.6. The number of carbonyl (C=O) groups excluding carboxylic acids is 1. The molecule has 0 heterocycles. The normalized spacial score (nSPS) is 11.9. The zero-order valence-corrected chi connectivity index (χ0v) is 10.9. The van der Waals surface area contributed by atoms with Crippen LogP contribution >= 0.6 is 15.9 Å². The van der Waals surface area contributed by atoms with Crippen LogP contribution in [-0.4, -0.2) is 30.2 Å². The van der Waals surface area contributed by atoms with Crippen molar-refractivity contribution >= 4 is 33.5 Å². The minimum atomic E-state index is -1.10. The number of nitrogens with one attached hydrogen (secondary N) is 1. The second-order valence-electron chi connectivity index (χ2n) is 3.36. The number of methoxy groups -OCH3 is 1. The average molecular weight is 302 g/mol. The Balaban J connectivity index is 2.98. The highest BCUT2D eigenvalue weighted by atomic mass is 79.9. The molecule has 17 heavy (non-hydrogen) atoms. The number of hydrogen-bond acceptors (Lipinski definition) is 3. The lowest BCUT2D eigenvalue weighted by Gasteiger charge is -2.12. The molecule has 0 saturated heterocycles. The van der Waals surface area contributed by atoms with Crippen LogP contribution in [-0.2, 0) is 9.53 Å². The molecular formula is C11H12BrNO4. The van der Waals surface area contributed by atoms with Gasteiger partial charge in [0, 0.05) is 11.6 Å². The summed E-state index contributed by atoms with van der Waals surface area (Å²) in [6, 6.07) is 4.60. The van der Waals surface area contributed by atoms with Gasteiger partial charge in [-0.25, -0.2) is 4.79 Å². The lowest BCUT2D eigenvalue weighted by atomic mass is 10.1. The molecule has 0 radical (unpaired) electrons. The second kappa shape index (κ2) is 5.79. The Morgan fingerprint density at radius 2 is 2.12 bits per heavy atom. The van der Waals surface area contributed by atoms with E-state index in [1.165, 1.54) is 19.2 Å². The number of amides is 1. The first kappa shape index (κ1) is 13.7. The van der Waals surface area contributed by atoms with Crippen LogP contribution in [0.25, 0.3) is 0 Å². The summed E-state index contributed by atoms with van der Waals surface area (Å²) in [4.78, 5) is 22.6. The van der Waals surface area contributed by atoms with Gasteiger partial charge in [0.25, 0.3) is 5.91 Å². The molecule has 0 spiro atoms. The smallest absolute Gasteiger partial charge is 0.337 e. The number of anilines is 1. The van der Waals surface area contributed by atoms with Gasteiger partial charge in [-0.05, 0) is 25.1 Å². The Hall–Kier alpha value is -1.40. The fraction of sp³-hybridized carbons (Fsp3) is 0.273. The molecule has 0 aliphatic heterocycles. The Morgan fingerprint density at radius 3 is 2.65 bits per heavy atom. The van der Waals surface area contributed by atoms with E-state index in [-0.39, 0.29) is 11.3 Å². The van der Waals surface area contributed by atoms with Crippen LogP contribution < -0.4 is 5.32 Å². The summed E-state index contributed by atoms with van der Waals surface area (Å²) in [5, 5.41) is 11.5. The van der Waals surface area contributed by atoms with E-state index in [2.05, 4.69) is 21.2 Å². The molecule has 1 unspecified atom stereocenters. The molecule has 1 rings (SSSR count). The molecule has 0 aliphatic carbocycles. The van der Waals surface area contributed by atoms with Gasteiger partial charge in [-0.1, -0.05) is 15.9 Å². The second-order valence-corrected chi connectivity index (χ2v) is 4.28. The summed E-state index contributed by atoms with van der Waals surface area (Å²) in [6.07, 6.45) is -0.639. The maximum Gasteiger partial charge on any atom is 0.337 e. The van der Waals surface area contributed by atoms with Crippen molar-refractivity contribution in [2.45, 2.75) is 13.0 Å². The number of halogens is 1. The zero-order chi connectivity index (χ0) is 13.0. The third-order valence-corrected chi connectivity index (χ3v) is 2.69. The van der Waals surface area contributed by atoms with Crippen molar-refractivity contribution in [2.24, 2.45) is 0 Å². The van der Waals surface area contributed by atoms with Gasteiger partial charge < -0.3 is 15.2 Å². The molecule has 6 heteroatoms. The first-order valence-electron chi connectivity index (χ1n) is 4.82. The van der Waals surface area contributed by atoms with Crippen molar-refractivity contribution in [1.82, 2.24) is 0 Å².